The van der Waals surface area contributed by atoms with E-state index in [1.54, 1.807) is 53.7 Å². The third kappa shape index (κ3) is 7.10. The van der Waals surface area contributed by atoms with Gasteiger partial charge in [0.1, 0.15) is 0 Å². The number of esters is 1. The van der Waals surface area contributed by atoms with Gasteiger partial charge < -0.3 is 14.7 Å². The van der Waals surface area contributed by atoms with Crippen LogP contribution in [0.1, 0.15) is 78.2 Å². The third-order valence-corrected chi connectivity index (χ3v) is 4.66. The smallest absolute Gasteiger partial charge is 0.344 e. The minimum Gasteiger partial charge on any atom is -0.479 e. The van der Waals surface area contributed by atoms with Crippen molar-refractivity contribution in [2.45, 2.75) is 41.5 Å². The molecule has 0 saturated heterocycles. The number of rotatable bonds is 7. The molecule has 34 heavy (non-hydrogen) atoms. The number of benzene rings is 2. The predicted octanol–water partition coefficient (Wildman–Crippen LogP) is 4.76. The number of carbonyl (C=O) groups excluding carboxylic acids is 3. The van der Waals surface area contributed by atoms with Crippen LogP contribution in [0.15, 0.2) is 53.7 Å². The molecule has 0 saturated carbocycles. The standard InChI is InChI=1S/C26H29NO7/c1-25(2,3)21(30)16-7-11-18(12-8-16)23(27-33-15-20(28)29)34-24(32)19-13-9-17(10-14-19)22(31)26(4,5)6/h7-14H,15H2,1-6H3,(H,28,29). The molecule has 2 aromatic rings. The lowest BCUT2D eigenvalue weighted by Crippen LogP contribution is -2.21. The van der Waals surface area contributed by atoms with Gasteiger partial charge in [0, 0.05) is 27.5 Å². The summed E-state index contributed by atoms with van der Waals surface area (Å²) in [4.78, 5) is 53.1. The molecular weight excluding hydrogens is 438 g/mol. The van der Waals surface area contributed by atoms with Gasteiger partial charge in [0.05, 0.1) is 5.56 Å². The normalized spacial score (nSPS) is 12.1. The van der Waals surface area contributed by atoms with Crippen LogP contribution in [0.2, 0.25) is 0 Å². The van der Waals surface area contributed by atoms with Crippen LogP contribution < -0.4 is 0 Å². The number of ketones is 2. The van der Waals surface area contributed by atoms with Crippen LogP contribution in [-0.2, 0) is 14.4 Å². The number of carboxylic acid groups (broad SMARTS) is 1. The Bertz CT molecular complexity index is 1100. The Morgan fingerprint density at radius 3 is 1.47 bits per heavy atom. The lowest BCUT2D eigenvalue weighted by atomic mass is 9.86. The van der Waals surface area contributed by atoms with Crippen LogP contribution in [-0.4, -0.2) is 41.1 Å². The Hall–Kier alpha value is -3.81. The molecule has 0 heterocycles. The van der Waals surface area contributed by atoms with Crippen molar-refractivity contribution in [3.8, 4) is 0 Å². The summed E-state index contributed by atoms with van der Waals surface area (Å²) in [6, 6.07) is 12.2. The van der Waals surface area contributed by atoms with Crippen molar-refractivity contribution in [2.24, 2.45) is 16.0 Å². The highest BCUT2D eigenvalue weighted by Crippen LogP contribution is 2.22. The van der Waals surface area contributed by atoms with E-state index in [9.17, 15) is 19.2 Å². The average molecular weight is 468 g/mol. The van der Waals surface area contributed by atoms with Crippen LogP contribution in [0.5, 0.6) is 0 Å². The van der Waals surface area contributed by atoms with Crippen molar-refractivity contribution in [3.05, 3.63) is 70.8 Å². The summed E-state index contributed by atoms with van der Waals surface area (Å²) in [6.07, 6.45) is 0. The maximum absolute atomic E-state index is 12.7. The van der Waals surface area contributed by atoms with Gasteiger partial charge in [0.15, 0.2) is 11.6 Å². The van der Waals surface area contributed by atoms with E-state index in [0.29, 0.717) is 16.7 Å². The second-order valence-corrected chi connectivity index (χ2v) is 9.77. The summed E-state index contributed by atoms with van der Waals surface area (Å²) in [6.45, 7) is 10.1. The second kappa shape index (κ2) is 10.4. The van der Waals surface area contributed by atoms with Gasteiger partial charge in [-0.25, -0.2) is 9.59 Å². The van der Waals surface area contributed by atoms with Crippen LogP contribution in [0.3, 0.4) is 0 Å². The van der Waals surface area contributed by atoms with E-state index in [1.165, 1.54) is 36.4 Å². The number of carboxylic acids is 1. The predicted molar refractivity (Wildman–Crippen MR) is 126 cm³/mol. The number of ether oxygens (including phenoxy) is 1. The van der Waals surface area contributed by atoms with Gasteiger partial charge in [0.2, 0.25) is 6.61 Å². The minimum absolute atomic E-state index is 0.0679. The molecule has 0 aliphatic heterocycles. The van der Waals surface area contributed by atoms with E-state index >= 15 is 0 Å². The molecule has 0 atom stereocenters. The summed E-state index contributed by atoms with van der Waals surface area (Å²) in [5.41, 5.74) is 0.258. The van der Waals surface area contributed by atoms with E-state index in [-0.39, 0.29) is 23.0 Å². The Balaban J connectivity index is 2.28. The van der Waals surface area contributed by atoms with Gasteiger partial charge in [-0.3, -0.25) is 9.59 Å². The summed E-state index contributed by atoms with van der Waals surface area (Å²) in [5, 5.41) is 12.4. The minimum atomic E-state index is -1.25. The summed E-state index contributed by atoms with van der Waals surface area (Å²) >= 11 is 0. The lowest BCUT2D eigenvalue weighted by molar-refractivity contribution is -0.142. The molecule has 0 fully saturated rings. The molecule has 1 N–H and O–H groups in total. The van der Waals surface area contributed by atoms with Gasteiger partial charge in [-0.05, 0) is 29.4 Å². The molecular formula is C26H29NO7. The molecule has 2 rings (SSSR count). The Morgan fingerprint density at radius 1 is 0.706 bits per heavy atom. The largest absolute Gasteiger partial charge is 0.479 e. The number of aliphatic carboxylic acids is 1. The van der Waals surface area contributed by atoms with Gasteiger partial charge in [-0.2, -0.15) is 0 Å². The van der Waals surface area contributed by atoms with Crippen molar-refractivity contribution in [1.29, 1.82) is 0 Å². The number of nitrogens with zero attached hydrogens (tertiary/aromatic N) is 1. The second-order valence-electron chi connectivity index (χ2n) is 9.77. The zero-order valence-corrected chi connectivity index (χ0v) is 20.2. The molecule has 0 bridgehead atoms. The summed E-state index contributed by atoms with van der Waals surface area (Å²) in [7, 11) is 0. The number of oxime groups is 1. The fourth-order valence-corrected chi connectivity index (χ4v) is 2.81. The molecule has 8 heteroatoms. The highest BCUT2D eigenvalue weighted by Gasteiger charge is 2.24. The van der Waals surface area contributed by atoms with E-state index in [0.717, 1.165) is 0 Å². The summed E-state index contributed by atoms with van der Waals surface area (Å²) in [5.74, 6) is -2.43. The zero-order valence-electron chi connectivity index (χ0n) is 20.2. The lowest BCUT2D eigenvalue weighted by Gasteiger charge is -2.17. The maximum atomic E-state index is 12.7. The van der Waals surface area contributed by atoms with Crippen molar-refractivity contribution >= 4 is 29.4 Å². The highest BCUT2D eigenvalue weighted by atomic mass is 16.7. The fraction of sp³-hybridized carbons (Fsp3) is 0.346. The van der Waals surface area contributed by atoms with Gasteiger partial charge in [0.25, 0.3) is 5.90 Å². The molecule has 0 radical (unpaired) electrons. The molecule has 8 nitrogen and oxygen atoms in total. The number of hydrogen-bond donors (Lipinski definition) is 1. The molecule has 0 aromatic heterocycles. The van der Waals surface area contributed by atoms with Gasteiger partial charge in [-0.1, -0.05) is 65.8 Å². The topological polar surface area (TPSA) is 119 Å². The maximum Gasteiger partial charge on any atom is 0.344 e. The van der Waals surface area contributed by atoms with Crippen LogP contribution in [0, 0.1) is 10.8 Å². The van der Waals surface area contributed by atoms with Crippen LogP contribution >= 0.6 is 0 Å². The molecule has 0 unspecified atom stereocenters. The van der Waals surface area contributed by atoms with Crippen LogP contribution in [0.25, 0.3) is 0 Å². The zero-order chi connectivity index (χ0) is 25.7. The Kier molecular flexibility index (Phi) is 8.10. The number of carbonyl (C=O) groups is 4. The third-order valence-electron chi connectivity index (χ3n) is 4.66. The van der Waals surface area contributed by atoms with Gasteiger partial charge in [-0.15, -0.1) is 0 Å². The Labute approximate surface area is 198 Å². The first-order valence-electron chi connectivity index (χ1n) is 10.6. The molecule has 2 aromatic carbocycles. The Morgan fingerprint density at radius 2 is 1.09 bits per heavy atom. The number of hydrogen-bond acceptors (Lipinski definition) is 7. The molecule has 180 valence electrons. The SMILES string of the molecule is CC(C)(C)C(=O)c1ccc(C(=O)OC(=NOCC(=O)O)c2ccc(C(=O)C(C)(C)C)cc2)cc1. The molecule has 0 aliphatic rings. The highest BCUT2D eigenvalue weighted by molar-refractivity contribution is 6.06. The summed E-state index contributed by atoms with van der Waals surface area (Å²) < 4.78 is 5.36. The number of Topliss-reactive ketones (excluding diaryl/α,β-unsaturated/α-hetero) is 2. The van der Waals surface area contributed by atoms with Crippen molar-refractivity contribution in [1.82, 2.24) is 0 Å². The van der Waals surface area contributed by atoms with Gasteiger partial charge >= 0.3 is 11.9 Å². The first-order chi connectivity index (χ1) is 15.7. The first kappa shape index (κ1) is 26.4. The first-order valence-corrected chi connectivity index (χ1v) is 10.6. The van der Waals surface area contributed by atoms with Crippen molar-refractivity contribution in [3.63, 3.8) is 0 Å². The fourth-order valence-electron chi connectivity index (χ4n) is 2.81. The average Bonchev–Trinajstić information content (AvgIpc) is 2.76. The van der Waals surface area contributed by atoms with Crippen LogP contribution in [0.4, 0.5) is 0 Å². The molecule has 0 amide bonds. The van der Waals surface area contributed by atoms with E-state index in [2.05, 4.69) is 5.16 Å². The quantitative estimate of drug-likeness (QED) is 0.205. The van der Waals surface area contributed by atoms with E-state index in [1.807, 2.05) is 0 Å². The monoisotopic (exact) mass is 467 g/mol. The van der Waals surface area contributed by atoms with E-state index in [4.69, 9.17) is 14.7 Å². The van der Waals surface area contributed by atoms with Crippen molar-refractivity contribution in [2.75, 3.05) is 6.61 Å². The van der Waals surface area contributed by atoms with E-state index < -0.39 is 29.4 Å². The molecule has 0 aliphatic carbocycles. The van der Waals surface area contributed by atoms with Crippen molar-refractivity contribution < 1.29 is 33.9 Å². The molecule has 0 spiro atoms.